The number of hydrogen-bond acceptors (Lipinski definition) is 7. The molecule has 0 aliphatic heterocycles. The van der Waals surface area contributed by atoms with Gasteiger partial charge < -0.3 is 14.6 Å². The Balaban J connectivity index is 1.29. The van der Waals surface area contributed by atoms with Crippen LogP contribution in [0.2, 0.25) is 0 Å². The molecule has 0 unspecified atom stereocenters. The number of carbonyl (C=O) groups excluding carboxylic acids is 1. The smallest absolute Gasteiger partial charge is 0.287 e. The lowest BCUT2D eigenvalue weighted by Crippen LogP contribution is -2.22. The van der Waals surface area contributed by atoms with Gasteiger partial charge in [-0.15, -0.1) is 0 Å². The fourth-order valence-corrected chi connectivity index (χ4v) is 4.59. The third kappa shape index (κ3) is 6.66. The van der Waals surface area contributed by atoms with E-state index in [1.165, 1.54) is 17.3 Å². The largest absolute Gasteiger partial charge is 0.455 e. The Morgan fingerprint density at radius 2 is 1.68 bits per heavy atom. The Hall–Kier alpha value is -4.43. The van der Waals surface area contributed by atoms with Gasteiger partial charge in [0.1, 0.15) is 11.6 Å². The molecule has 1 N–H and O–H groups in total. The number of benzene rings is 2. The van der Waals surface area contributed by atoms with Crippen LogP contribution in [0.1, 0.15) is 27.6 Å². The van der Waals surface area contributed by atoms with E-state index in [1.54, 1.807) is 12.3 Å². The summed E-state index contributed by atoms with van der Waals surface area (Å²) in [6.45, 7) is 1.06. The Bertz CT molecular complexity index is 1480. The van der Waals surface area contributed by atoms with Gasteiger partial charge in [0.25, 0.3) is 5.91 Å². The van der Waals surface area contributed by atoms with E-state index in [1.807, 2.05) is 85.9 Å². The first-order valence-corrected chi connectivity index (χ1v) is 13.2. The molecule has 0 radical (unpaired) electrons. The number of amides is 1. The van der Waals surface area contributed by atoms with Crippen LogP contribution in [-0.2, 0) is 18.8 Å². The quantitative estimate of drug-likeness (QED) is 0.178. The summed E-state index contributed by atoms with van der Waals surface area (Å²) in [6.07, 6.45) is 1.70. The second-order valence-corrected chi connectivity index (χ2v) is 9.60. The van der Waals surface area contributed by atoms with Gasteiger partial charge in [-0.2, -0.15) is 0 Å². The van der Waals surface area contributed by atoms with E-state index in [2.05, 4.69) is 27.3 Å². The number of nitrogens with one attached hydrogen (secondary N) is 1. The number of hydrogen-bond donors (Lipinski definition) is 1. The molecule has 0 fully saturated rings. The molecule has 2 aromatic carbocycles. The second-order valence-electron chi connectivity index (χ2n) is 8.66. The highest BCUT2D eigenvalue weighted by Crippen LogP contribution is 2.28. The molecular formula is C30H27N5O2S. The van der Waals surface area contributed by atoms with Gasteiger partial charge >= 0.3 is 0 Å². The van der Waals surface area contributed by atoms with Crippen LogP contribution >= 0.6 is 11.8 Å². The average Bonchev–Trinajstić information content (AvgIpc) is 3.45. The first-order chi connectivity index (χ1) is 18.6. The van der Waals surface area contributed by atoms with Crippen LogP contribution in [-0.4, -0.2) is 27.9 Å². The molecule has 5 rings (SSSR count). The number of nitrogens with zero attached hydrogens (tertiary/aromatic N) is 4. The molecule has 190 valence electrons. The van der Waals surface area contributed by atoms with E-state index < -0.39 is 0 Å². The standard InChI is InChI=1S/C30H27N5O2S/c1-35(20-22-10-4-2-5-11-22)28-18-26(23-12-6-3-7-13-23)33-30(34-28)38-21-25-15-16-27(37-25)29(36)32-19-24-14-8-9-17-31-24/h2-18H,19-21H2,1H3,(H,32,36). The highest BCUT2D eigenvalue weighted by Gasteiger charge is 2.14. The second kappa shape index (κ2) is 12.2. The highest BCUT2D eigenvalue weighted by atomic mass is 32.2. The Morgan fingerprint density at radius 1 is 0.921 bits per heavy atom. The van der Waals surface area contributed by atoms with Crippen molar-refractivity contribution < 1.29 is 9.21 Å². The van der Waals surface area contributed by atoms with E-state index in [0.717, 1.165) is 29.3 Å². The summed E-state index contributed by atoms with van der Waals surface area (Å²) in [4.78, 5) is 28.5. The molecule has 0 atom stereocenters. The first-order valence-electron chi connectivity index (χ1n) is 12.2. The lowest BCUT2D eigenvalue weighted by molar-refractivity contribution is 0.0921. The minimum atomic E-state index is -0.279. The zero-order valence-corrected chi connectivity index (χ0v) is 21.8. The van der Waals surface area contributed by atoms with Gasteiger partial charge in [0.05, 0.1) is 23.7 Å². The number of carbonyl (C=O) groups is 1. The average molecular weight is 522 g/mol. The predicted molar refractivity (Wildman–Crippen MR) is 150 cm³/mol. The minimum Gasteiger partial charge on any atom is -0.455 e. The third-order valence-electron chi connectivity index (χ3n) is 5.80. The molecular weight excluding hydrogens is 494 g/mol. The SMILES string of the molecule is CN(Cc1ccccc1)c1cc(-c2ccccc2)nc(SCc2ccc(C(=O)NCc3ccccn3)o2)n1. The number of pyridine rings is 1. The van der Waals surface area contributed by atoms with Crippen LogP contribution in [0, 0.1) is 0 Å². The van der Waals surface area contributed by atoms with Crippen molar-refractivity contribution in [2.75, 3.05) is 11.9 Å². The fourth-order valence-electron chi connectivity index (χ4n) is 3.84. The molecule has 0 saturated heterocycles. The van der Waals surface area contributed by atoms with E-state index in [-0.39, 0.29) is 11.7 Å². The molecule has 3 aromatic heterocycles. The van der Waals surface area contributed by atoms with Gasteiger partial charge in [-0.25, -0.2) is 9.97 Å². The monoisotopic (exact) mass is 521 g/mol. The maximum Gasteiger partial charge on any atom is 0.287 e. The van der Waals surface area contributed by atoms with Crippen LogP contribution < -0.4 is 10.2 Å². The van der Waals surface area contributed by atoms with Crippen molar-refractivity contribution in [1.29, 1.82) is 0 Å². The van der Waals surface area contributed by atoms with Gasteiger partial charge in [0.2, 0.25) is 0 Å². The number of furan rings is 1. The molecule has 0 spiro atoms. The Morgan fingerprint density at radius 3 is 2.45 bits per heavy atom. The molecule has 38 heavy (non-hydrogen) atoms. The number of rotatable bonds is 10. The van der Waals surface area contributed by atoms with Crippen molar-refractivity contribution in [3.63, 3.8) is 0 Å². The summed E-state index contributed by atoms with van der Waals surface area (Å²) in [6, 6.07) is 31.5. The normalized spacial score (nSPS) is 10.8. The minimum absolute atomic E-state index is 0.263. The molecule has 0 aliphatic carbocycles. The fraction of sp³-hybridized carbons (Fsp3) is 0.133. The summed E-state index contributed by atoms with van der Waals surface area (Å²) in [5.74, 6) is 1.98. The summed E-state index contributed by atoms with van der Waals surface area (Å²) in [5, 5.41) is 3.47. The van der Waals surface area contributed by atoms with Gasteiger partial charge in [0, 0.05) is 31.4 Å². The molecule has 0 aliphatic rings. The molecule has 7 nitrogen and oxygen atoms in total. The topological polar surface area (TPSA) is 84.2 Å². The van der Waals surface area contributed by atoms with Gasteiger partial charge in [0.15, 0.2) is 10.9 Å². The van der Waals surface area contributed by atoms with Gasteiger partial charge in [-0.05, 0) is 29.8 Å². The van der Waals surface area contributed by atoms with Crippen molar-refractivity contribution >= 4 is 23.5 Å². The lowest BCUT2D eigenvalue weighted by atomic mass is 10.1. The third-order valence-corrected chi connectivity index (χ3v) is 6.67. The van der Waals surface area contributed by atoms with E-state index in [9.17, 15) is 4.79 Å². The Kier molecular flexibility index (Phi) is 8.10. The predicted octanol–water partition coefficient (Wildman–Crippen LogP) is 5.99. The summed E-state index contributed by atoms with van der Waals surface area (Å²) < 4.78 is 5.81. The Labute approximate surface area is 226 Å². The van der Waals surface area contributed by atoms with Crippen molar-refractivity contribution in [2.45, 2.75) is 24.0 Å². The number of aromatic nitrogens is 3. The summed E-state index contributed by atoms with van der Waals surface area (Å²) in [5.41, 5.74) is 3.86. The summed E-state index contributed by atoms with van der Waals surface area (Å²) >= 11 is 1.47. The molecule has 8 heteroatoms. The van der Waals surface area contributed by atoms with Gasteiger partial charge in [-0.3, -0.25) is 9.78 Å². The van der Waals surface area contributed by atoms with Crippen molar-refractivity contribution in [1.82, 2.24) is 20.3 Å². The van der Waals surface area contributed by atoms with Crippen LogP contribution in [0.15, 0.2) is 113 Å². The first kappa shape index (κ1) is 25.2. The van der Waals surface area contributed by atoms with Gasteiger partial charge in [-0.1, -0.05) is 78.5 Å². The molecule has 3 heterocycles. The van der Waals surface area contributed by atoms with Crippen LogP contribution in [0.25, 0.3) is 11.3 Å². The van der Waals surface area contributed by atoms with Crippen molar-refractivity contribution in [3.8, 4) is 11.3 Å². The summed E-state index contributed by atoms with van der Waals surface area (Å²) in [7, 11) is 2.03. The zero-order chi connectivity index (χ0) is 26.2. The maximum absolute atomic E-state index is 12.5. The highest BCUT2D eigenvalue weighted by molar-refractivity contribution is 7.98. The van der Waals surface area contributed by atoms with Crippen molar-refractivity contribution in [2.24, 2.45) is 0 Å². The van der Waals surface area contributed by atoms with Crippen molar-refractivity contribution in [3.05, 3.63) is 126 Å². The molecule has 0 saturated carbocycles. The van der Waals surface area contributed by atoms with Crippen LogP contribution in [0.3, 0.4) is 0 Å². The maximum atomic E-state index is 12.5. The number of thioether (sulfide) groups is 1. The van der Waals surface area contributed by atoms with E-state index >= 15 is 0 Å². The molecule has 0 bridgehead atoms. The van der Waals surface area contributed by atoms with Crippen LogP contribution in [0.4, 0.5) is 5.82 Å². The van der Waals surface area contributed by atoms with E-state index in [4.69, 9.17) is 14.4 Å². The van der Waals surface area contributed by atoms with Crippen LogP contribution in [0.5, 0.6) is 0 Å². The lowest BCUT2D eigenvalue weighted by Gasteiger charge is -2.19. The van der Waals surface area contributed by atoms with E-state index in [0.29, 0.717) is 23.2 Å². The zero-order valence-electron chi connectivity index (χ0n) is 20.9. The number of anilines is 1. The molecule has 5 aromatic rings. The molecule has 1 amide bonds.